The van der Waals surface area contributed by atoms with Crippen LogP contribution in [-0.2, 0) is 6.42 Å². The number of hydrogen-bond acceptors (Lipinski definition) is 1. The van der Waals surface area contributed by atoms with E-state index in [1.165, 1.54) is 42.7 Å². The predicted octanol–water partition coefficient (Wildman–Crippen LogP) is 5.42. The second-order valence-electron chi connectivity index (χ2n) is 6.48. The summed E-state index contributed by atoms with van der Waals surface area (Å²) >= 11 is 2.43. The standard InChI is InChI=1S/C20H22IN/c1-12(2)16-6-5-15-7-8-22-20(18(15)11-16)17-9-13(3)19(21)14(4)10-17/h5-6,9-12H,7-8H2,1-4H3. The first-order valence-electron chi connectivity index (χ1n) is 7.92. The third kappa shape index (κ3) is 2.85. The molecule has 0 spiro atoms. The van der Waals surface area contributed by atoms with Gasteiger partial charge in [0.25, 0.3) is 0 Å². The highest BCUT2D eigenvalue weighted by Crippen LogP contribution is 2.27. The number of fused-ring (bicyclic) bond motifs is 1. The summed E-state index contributed by atoms with van der Waals surface area (Å²) in [6, 6.07) is 11.5. The lowest BCUT2D eigenvalue weighted by molar-refractivity contribution is 0.859. The molecule has 1 heterocycles. The number of nitrogens with zero attached hydrogens (tertiary/aromatic N) is 1. The van der Waals surface area contributed by atoms with Crippen molar-refractivity contribution < 1.29 is 0 Å². The van der Waals surface area contributed by atoms with Crippen molar-refractivity contribution >= 4 is 28.3 Å². The molecule has 2 aromatic carbocycles. The summed E-state index contributed by atoms with van der Waals surface area (Å²) in [5.41, 5.74) is 9.27. The molecule has 2 heteroatoms. The molecular weight excluding hydrogens is 381 g/mol. The minimum Gasteiger partial charge on any atom is -0.284 e. The molecule has 3 rings (SSSR count). The molecule has 0 radical (unpaired) electrons. The minimum absolute atomic E-state index is 0.550. The SMILES string of the molecule is Cc1cc(C2=NCCc3ccc(C(C)C)cc32)cc(C)c1I. The molecule has 0 aliphatic carbocycles. The zero-order valence-corrected chi connectivity index (χ0v) is 15.9. The van der Waals surface area contributed by atoms with Gasteiger partial charge in [0.1, 0.15) is 0 Å². The van der Waals surface area contributed by atoms with Gasteiger partial charge in [0.2, 0.25) is 0 Å². The van der Waals surface area contributed by atoms with Crippen LogP contribution < -0.4 is 0 Å². The van der Waals surface area contributed by atoms with Gasteiger partial charge < -0.3 is 0 Å². The fourth-order valence-electron chi connectivity index (χ4n) is 3.09. The van der Waals surface area contributed by atoms with E-state index in [0.717, 1.165) is 13.0 Å². The fourth-order valence-corrected chi connectivity index (χ4v) is 3.41. The zero-order valence-electron chi connectivity index (χ0n) is 13.7. The average molecular weight is 403 g/mol. The van der Waals surface area contributed by atoms with Crippen molar-refractivity contribution in [2.45, 2.75) is 40.0 Å². The summed E-state index contributed by atoms with van der Waals surface area (Å²) in [5, 5.41) is 0. The van der Waals surface area contributed by atoms with Crippen molar-refractivity contribution in [2.24, 2.45) is 4.99 Å². The second kappa shape index (κ2) is 6.15. The minimum atomic E-state index is 0.550. The van der Waals surface area contributed by atoms with E-state index in [4.69, 9.17) is 4.99 Å². The van der Waals surface area contributed by atoms with Crippen molar-refractivity contribution in [2.75, 3.05) is 6.54 Å². The van der Waals surface area contributed by atoms with Gasteiger partial charge in [-0.15, -0.1) is 0 Å². The third-order valence-corrected chi connectivity index (χ3v) is 6.12. The van der Waals surface area contributed by atoms with E-state index in [1.54, 1.807) is 0 Å². The smallest absolute Gasteiger partial charge is 0.0722 e. The Morgan fingerprint density at radius 1 is 1.05 bits per heavy atom. The van der Waals surface area contributed by atoms with Crippen LogP contribution in [0, 0.1) is 17.4 Å². The molecule has 114 valence electrons. The molecule has 0 fully saturated rings. The van der Waals surface area contributed by atoms with Crippen LogP contribution in [0.4, 0.5) is 0 Å². The van der Waals surface area contributed by atoms with Crippen molar-refractivity contribution in [3.63, 3.8) is 0 Å². The Kier molecular flexibility index (Phi) is 4.40. The summed E-state index contributed by atoms with van der Waals surface area (Å²) in [7, 11) is 0. The van der Waals surface area contributed by atoms with Crippen LogP contribution in [0.2, 0.25) is 0 Å². The first-order chi connectivity index (χ1) is 10.5. The van der Waals surface area contributed by atoms with Crippen LogP contribution >= 0.6 is 22.6 Å². The van der Waals surface area contributed by atoms with Crippen LogP contribution in [0.5, 0.6) is 0 Å². The van der Waals surface area contributed by atoms with Gasteiger partial charge in [-0.3, -0.25) is 4.99 Å². The monoisotopic (exact) mass is 403 g/mol. The van der Waals surface area contributed by atoms with Crippen LogP contribution in [-0.4, -0.2) is 12.3 Å². The maximum absolute atomic E-state index is 4.87. The number of halogens is 1. The Bertz CT molecular complexity index is 733. The molecule has 1 nitrogen and oxygen atoms in total. The molecule has 0 saturated carbocycles. The Hall–Kier alpha value is -1.16. The van der Waals surface area contributed by atoms with Crippen LogP contribution in [0.3, 0.4) is 0 Å². The maximum atomic E-state index is 4.87. The molecule has 0 amide bonds. The highest BCUT2D eigenvalue weighted by molar-refractivity contribution is 14.1. The van der Waals surface area contributed by atoms with Crippen molar-refractivity contribution in [3.05, 3.63) is 67.3 Å². The van der Waals surface area contributed by atoms with Gasteiger partial charge in [-0.2, -0.15) is 0 Å². The normalized spacial score (nSPS) is 14.0. The molecule has 1 aliphatic heterocycles. The van der Waals surface area contributed by atoms with Gasteiger partial charge in [0.15, 0.2) is 0 Å². The first kappa shape index (κ1) is 15.7. The van der Waals surface area contributed by atoms with Gasteiger partial charge in [0.05, 0.1) is 5.71 Å². The number of hydrogen-bond donors (Lipinski definition) is 0. The van der Waals surface area contributed by atoms with Gasteiger partial charge in [-0.25, -0.2) is 0 Å². The molecule has 2 aromatic rings. The largest absolute Gasteiger partial charge is 0.284 e. The molecule has 22 heavy (non-hydrogen) atoms. The number of aliphatic imine (C=N–C) groups is 1. The molecule has 0 saturated heterocycles. The molecule has 0 unspecified atom stereocenters. The number of aryl methyl sites for hydroxylation is 2. The van der Waals surface area contributed by atoms with E-state index in [-0.39, 0.29) is 0 Å². The third-order valence-electron chi connectivity index (χ3n) is 4.42. The van der Waals surface area contributed by atoms with Crippen molar-refractivity contribution in [1.29, 1.82) is 0 Å². The van der Waals surface area contributed by atoms with E-state index >= 15 is 0 Å². The first-order valence-corrected chi connectivity index (χ1v) is 9.00. The lowest BCUT2D eigenvalue weighted by Gasteiger charge is -2.20. The van der Waals surface area contributed by atoms with Crippen molar-refractivity contribution in [3.8, 4) is 0 Å². The number of rotatable bonds is 2. The van der Waals surface area contributed by atoms with E-state index in [2.05, 4.69) is 80.6 Å². The van der Waals surface area contributed by atoms with Crippen LogP contribution in [0.1, 0.15) is 53.1 Å². The second-order valence-corrected chi connectivity index (χ2v) is 7.55. The van der Waals surface area contributed by atoms with E-state index in [0.29, 0.717) is 5.92 Å². The lowest BCUT2D eigenvalue weighted by Crippen LogP contribution is -2.15. The van der Waals surface area contributed by atoms with Gasteiger partial charge >= 0.3 is 0 Å². The van der Waals surface area contributed by atoms with E-state index < -0.39 is 0 Å². The highest BCUT2D eigenvalue weighted by atomic mass is 127. The van der Waals surface area contributed by atoms with Gasteiger partial charge in [0, 0.05) is 21.2 Å². The molecule has 0 bridgehead atoms. The molecule has 0 N–H and O–H groups in total. The average Bonchev–Trinajstić information content (AvgIpc) is 2.51. The fraction of sp³-hybridized carbons (Fsp3) is 0.350. The Morgan fingerprint density at radius 2 is 1.73 bits per heavy atom. The topological polar surface area (TPSA) is 12.4 Å². The quantitative estimate of drug-likeness (QED) is 0.594. The molecule has 1 aliphatic rings. The summed E-state index contributed by atoms with van der Waals surface area (Å²) < 4.78 is 1.36. The number of benzene rings is 2. The Labute approximate surface area is 147 Å². The summed E-state index contributed by atoms with van der Waals surface area (Å²) in [6.07, 6.45) is 1.06. The zero-order chi connectivity index (χ0) is 15.9. The van der Waals surface area contributed by atoms with E-state index in [1.807, 2.05) is 0 Å². The molecular formula is C20H22IN. The summed E-state index contributed by atoms with van der Waals surface area (Å²) in [5.74, 6) is 0.550. The van der Waals surface area contributed by atoms with Gasteiger partial charge in [-0.05, 0) is 89.2 Å². The summed E-state index contributed by atoms with van der Waals surface area (Å²) in [6.45, 7) is 9.77. The lowest BCUT2D eigenvalue weighted by atomic mass is 9.88. The van der Waals surface area contributed by atoms with E-state index in [9.17, 15) is 0 Å². The molecule has 0 aromatic heterocycles. The van der Waals surface area contributed by atoms with Crippen LogP contribution in [0.25, 0.3) is 0 Å². The van der Waals surface area contributed by atoms with Crippen LogP contribution in [0.15, 0.2) is 35.3 Å². The predicted molar refractivity (Wildman–Crippen MR) is 103 cm³/mol. The van der Waals surface area contributed by atoms with Gasteiger partial charge in [-0.1, -0.05) is 26.0 Å². The maximum Gasteiger partial charge on any atom is 0.0722 e. The molecule has 0 atom stereocenters. The summed E-state index contributed by atoms with van der Waals surface area (Å²) in [4.78, 5) is 4.87. The van der Waals surface area contributed by atoms with Crippen molar-refractivity contribution in [1.82, 2.24) is 0 Å². The Morgan fingerprint density at radius 3 is 2.36 bits per heavy atom. The highest BCUT2D eigenvalue weighted by Gasteiger charge is 2.18. The Balaban J connectivity index is 2.14.